The van der Waals surface area contributed by atoms with Gasteiger partial charge in [-0.15, -0.1) is 5.10 Å². The normalized spacial score (nSPS) is 15.9. The molecule has 0 radical (unpaired) electrons. The lowest BCUT2D eigenvalue weighted by Crippen LogP contribution is -2.24. The Bertz CT molecular complexity index is 1290. The SMILES string of the molecule is Cc1cnnn1-c1cccc(C2=Nc3cc(N(C)CC4CC4)c(C(F)(F)F)cc3NC(=O)C2)c1. The highest BCUT2D eigenvalue weighted by molar-refractivity contribution is 6.17. The molecule has 2 aromatic carbocycles. The van der Waals surface area contributed by atoms with E-state index in [4.69, 9.17) is 0 Å². The lowest BCUT2D eigenvalue weighted by atomic mass is 10.1. The second-order valence-electron chi connectivity index (χ2n) is 8.83. The molecule has 0 spiro atoms. The van der Waals surface area contributed by atoms with E-state index in [0.717, 1.165) is 30.3 Å². The first-order chi connectivity index (χ1) is 16.2. The number of amides is 1. The molecule has 1 N–H and O–H groups in total. The van der Waals surface area contributed by atoms with Gasteiger partial charge in [-0.3, -0.25) is 9.79 Å². The molecule has 2 heterocycles. The summed E-state index contributed by atoms with van der Waals surface area (Å²) in [5.74, 6) is -0.0151. The topological polar surface area (TPSA) is 75.4 Å². The quantitative estimate of drug-likeness (QED) is 0.578. The van der Waals surface area contributed by atoms with Crippen LogP contribution in [0.5, 0.6) is 0 Å². The van der Waals surface area contributed by atoms with Crippen molar-refractivity contribution < 1.29 is 18.0 Å². The largest absolute Gasteiger partial charge is 0.418 e. The fourth-order valence-electron chi connectivity index (χ4n) is 4.16. The summed E-state index contributed by atoms with van der Waals surface area (Å²) in [6.07, 6.45) is -0.941. The maximum absolute atomic E-state index is 13.9. The average Bonchev–Trinajstić information content (AvgIpc) is 3.52. The highest BCUT2D eigenvalue weighted by Crippen LogP contribution is 2.44. The van der Waals surface area contributed by atoms with Gasteiger partial charge in [-0.05, 0) is 55.5 Å². The van der Waals surface area contributed by atoms with Gasteiger partial charge in [0.2, 0.25) is 5.91 Å². The van der Waals surface area contributed by atoms with Crippen LogP contribution in [0.1, 0.15) is 36.1 Å². The van der Waals surface area contributed by atoms with Crippen LogP contribution in [-0.2, 0) is 11.0 Å². The number of fused-ring (bicyclic) bond motifs is 1. The Morgan fingerprint density at radius 1 is 1.21 bits per heavy atom. The molecule has 1 aliphatic carbocycles. The van der Waals surface area contributed by atoms with E-state index in [1.807, 2.05) is 31.2 Å². The van der Waals surface area contributed by atoms with Crippen LogP contribution in [0.25, 0.3) is 5.69 Å². The van der Waals surface area contributed by atoms with Gasteiger partial charge in [-0.25, -0.2) is 4.68 Å². The fraction of sp³-hybridized carbons (Fsp3) is 0.333. The van der Waals surface area contributed by atoms with Crippen LogP contribution in [0, 0.1) is 12.8 Å². The van der Waals surface area contributed by atoms with E-state index in [1.165, 1.54) is 6.07 Å². The van der Waals surface area contributed by atoms with E-state index in [1.54, 1.807) is 22.8 Å². The van der Waals surface area contributed by atoms with Crippen LogP contribution in [0.3, 0.4) is 0 Å². The number of hydrogen-bond donors (Lipinski definition) is 1. The molecule has 0 atom stereocenters. The number of halogens is 3. The second kappa shape index (κ2) is 8.27. The molecule has 34 heavy (non-hydrogen) atoms. The van der Waals surface area contributed by atoms with Crippen molar-refractivity contribution in [3.8, 4) is 5.69 Å². The number of aliphatic imine (C=N–C) groups is 1. The zero-order valence-electron chi connectivity index (χ0n) is 18.7. The molecule has 7 nitrogen and oxygen atoms in total. The molecule has 2 aliphatic rings. The molecule has 1 fully saturated rings. The number of benzene rings is 2. The standard InChI is InChI=1S/C24H23F3N6O/c1-14-12-28-31-33(14)17-5-3-4-16(8-17)19-11-23(34)30-20-9-18(24(25,26)27)22(10-21(20)29-19)32(2)13-15-6-7-15/h3-5,8-10,12,15H,6-7,11,13H2,1-2H3,(H,30,34). The molecule has 5 rings (SSSR count). The number of carbonyl (C=O) groups excluding carboxylic acids is 1. The molecule has 0 saturated heterocycles. The Kier molecular flexibility index (Phi) is 5.38. The number of nitrogens with zero attached hydrogens (tertiary/aromatic N) is 5. The fourth-order valence-corrected chi connectivity index (χ4v) is 4.16. The minimum Gasteiger partial charge on any atom is -0.374 e. The monoisotopic (exact) mass is 468 g/mol. The Morgan fingerprint density at radius 2 is 2.00 bits per heavy atom. The van der Waals surface area contributed by atoms with Gasteiger partial charge in [0.15, 0.2) is 0 Å². The van der Waals surface area contributed by atoms with Crippen LogP contribution in [-0.4, -0.2) is 40.2 Å². The Morgan fingerprint density at radius 3 is 2.68 bits per heavy atom. The highest BCUT2D eigenvalue weighted by atomic mass is 19.4. The number of aromatic nitrogens is 3. The van der Waals surface area contributed by atoms with Crippen molar-refractivity contribution in [2.24, 2.45) is 10.9 Å². The van der Waals surface area contributed by atoms with Gasteiger partial charge in [-0.2, -0.15) is 13.2 Å². The summed E-state index contributed by atoms with van der Waals surface area (Å²) in [5.41, 5.74) is 2.37. The van der Waals surface area contributed by atoms with Gasteiger partial charge < -0.3 is 10.2 Å². The third-order valence-electron chi connectivity index (χ3n) is 6.06. The minimum atomic E-state index is -4.56. The van der Waals surface area contributed by atoms with Crippen molar-refractivity contribution in [3.05, 3.63) is 59.4 Å². The van der Waals surface area contributed by atoms with Crippen LogP contribution in [0.4, 0.5) is 30.2 Å². The van der Waals surface area contributed by atoms with Gasteiger partial charge in [0.1, 0.15) is 0 Å². The van der Waals surface area contributed by atoms with Crippen molar-refractivity contribution in [1.29, 1.82) is 0 Å². The number of aryl methyl sites for hydroxylation is 1. The Balaban J connectivity index is 1.60. The lowest BCUT2D eigenvalue weighted by molar-refractivity contribution is -0.137. The highest BCUT2D eigenvalue weighted by Gasteiger charge is 2.37. The number of nitrogens with one attached hydrogen (secondary N) is 1. The molecular weight excluding hydrogens is 445 g/mol. The predicted molar refractivity (Wildman–Crippen MR) is 123 cm³/mol. The van der Waals surface area contributed by atoms with Gasteiger partial charge in [0.05, 0.1) is 52.3 Å². The summed E-state index contributed by atoms with van der Waals surface area (Å²) in [6.45, 7) is 2.42. The van der Waals surface area contributed by atoms with Crippen molar-refractivity contribution in [3.63, 3.8) is 0 Å². The van der Waals surface area contributed by atoms with Gasteiger partial charge in [0.25, 0.3) is 0 Å². The van der Waals surface area contributed by atoms with E-state index >= 15 is 0 Å². The smallest absolute Gasteiger partial charge is 0.374 e. The molecule has 0 unspecified atom stereocenters. The van der Waals surface area contributed by atoms with E-state index in [9.17, 15) is 18.0 Å². The summed E-state index contributed by atoms with van der Waals surface area (Å²) in [7, 11) is 1.67. The average molecular weight is 468 g/mol. The van der Waals surface area contributed by atoms with E-state index in [-0.39, 0.29) is 17.8 Å². The molecule has 1 amide bonds. The van der Waals surface area contributed by atoms with Crippen LogP contribution in [0.15, 0.2) is 47.6 Å². The molecule has 1 aromatic heterocycles. The lowest BCUT2D eigenvalue weighted by Gasteiger charge is -2.25. The van der Waals surface area contributed by atoms with Crippen molar-refractivity contribution in [2.45, 2.75) is 32.4 Å². The summed E-state index contributed by atoms with van der Waals surface area (Å²) in [4.78, 5) is 18.9. The van der Waals surface area contributed by atoms with Gasteiger partial charge in [0, 0.05) is 13.6 Å². The second-order valence-corrected chi connectivity index (χ2v) is 8.83. The number of hydrogen-bond acceptors (Lipinski definition) is 5. The zero-order valence-corrected chi connectivity index (χ0v) is 18.7. The van der Waals surface area contributed by atoms with Crippen LogP contribution >= 0.6 is 0 Å². The van der Waals surface area contributed by atoms with E-state index in [2.05, 4.69) is 20.6 Å². The maximum Gasteiger partial charge on any atom is 0.418 e. The third kappa shape index (κ3) is 4.40. The predicted octanol–water partition coefficient (Wildman–Crippen LogP) is 4.90. The molecule has 3 aromatic rings. The number of carbonyl (C=O) groups is 1. The third-order valence-corrected chi connectivity index (χ3v) is 6.06. The maximum atomic E-state index is 13.9. The first kappa shape index (κ1) is 22.1. The van der Waals surface area contributed by atoms with Gasteiger partial charge in [-0.1, -0.05) is 17.3 Å². The van der Waals surface area contributed by atoms with Crippen molar-refractivity contribution in [2.75, 3.05) is 23.8 Å². The molecule has 1 aliphatic heterocycles. The van der Waals surface area contributed by atoms with Crippen LogP contribution < -0.4 is 10.2 Å². The molecule has 1 saturated carbocycles. The summed E-state index contributed by atoms with van der Waals surface area (Å²) < 4.78 is 43.3. The first-order valence-corrected chi connectivity index (χ1v) is 11.0. The first-order valence-electron chi connectivity index (χ1n) is 11.0. The molecular formula is C24H23F3N6O. The number of alkyl halides is 3. The van der Waals surface area contributed by atoms with Crippen LogP contribution in [0.2, 0.25) is 0 Å². The van der Waals surface area contributed by atoms with E-state index < -0.39 is 17.6 Å². The van der Waals surface area contributed by atoms with E-state index in [0.29, 0.717) is 29.4 Å². The Labute approximate surface area is 194 Å². The number of rotatable bonds is 5. The minimum absolute atomic E-state index is 0.0548. The summed E-state index contributed by atoms with van der Waals surface area (Å²) in [6, 6.07) is 9.75. The molecule has 0 bridgehead atoms. The molecule has 10 heteroatoms. The van der Waals surface area contributed by atoms with Crippen molar-refractivity contribution in [1.82, 2.24) is 15.0 Å². The Hall–Kier alpha value is -3.69. The molecule has 176 valence electrons. The van der Waals surface area contributed by atoms with Gasteiger partial charge >= 0.3 is 6.18 Å². The van der Waals surface area contributed by atoms with Crippen molar-refractivity contribution >= 4 is 28.7 Å². The summed E-state index contributed by atoms with van der Waals surface area (Å²) >= 11 is 0. The number of anilines is 2. The summed E-state index contributed by atoms with van der Waals surface area (Å²) in [5, 5.41) is 10.6. The zero-order chi connectivity index (χ0) is 24.0.